The lowest BCUT2D eigenvalue weighted by molar-refractivity contribution is 0.530. The first-order chi connectivity index (χ1) is 15.9. The molecule has 0 fully saturated rings. The molecule has 2 heteroatoms. The van der Waals surface area contributed by atoms with Gasteiger partial charge in [-0.1, -0.05) is 121 Å². The van der Waals surface area contributed by atoms with E-state index in [1.165, 1.54) is 108 Å². The molecule has 0 aromatic heterocycles. The zero-order chi connectivity index (χ0) is 22.5. The molecule has 0 saturated carbocycles. The summed E-state index contributed by atoms with van der Waals surface area (Å²) in [5, 5.41) is 6.99. The Hall–Kier alpha value is -1.96. The lowest BCUT2D eigenvalue weighted by Gasteiger charge is -2.09. The van der Waals surface area contributed by atoms with E-state index in [0.717, 1.165) is 17.9 Å². The summed E-state index contributed by atoms with van der Waals surface area (Å²) in [5.41, 5.74) is 3.47. The Morgan fingerprint density at radius 1 is 0.438 bits per heavy atom. The highest BCUT2D eigenvalue weighted by atomic mass is 14.9. The molecule has 0 unspecified atom stereocenters. The fraction of sp³-hybridized carbons (Fsp3) is 0.600. The van der Waals surface area contributed by atoms with Crippen LogP contribution in [0.3, 0.4) is 0 Å². The topological polar surface area (TPSA) is 24.1 Å². The van der Waals surface area contributed by atoms with Gasteiger partial charge in [0.25, 0.3) is 0 Å². The quantitative estimate of drug-likeness (QED) is 0.202. The maximum Gasteiger partial charge on any atom is 0.0385 e. The molecule has 0 spiro atoms. The van der Waals surface area contributed by atoms with E-state index in [-0.39, 0.29) is 0 Å². The van der Waals surface area contributed by atoms with Crippen LogP contribution in [0.25, 0.3) is 0 Å². The molecule has 32 heavy (non-hydrogen) atoms. The minimum atomic E-state index is 1.07. The highest BCUT2D eigenvalue weighted by Crippen LogP contribution is 2.19. The van der Waals surface area contributed by atoms with Crippen LogP contribution in [0.5, 0.6) is 0 Å². The Balaban J connectivity index is 1.34. The van der Waals surface area contributed by atoms with Crippen LogP contribution in [0.1, 0.15) is 110 Å². The highest BCUT2D eigenvalue weighted by Gasteiger charge is 1.97. The molecule has 0 bridgehead atoms. The Kier molecular flexibility index (Phi) is 15.3. The van der Waals surface area contributed by atoms with Crippen LogP contribution in [0.4, 0.5) is 17.1 Å². The Morgan fingerprint density at radius 3 is 1.34 bits per heavy atom. The average molecular weight is 437 g/mol. The van der Waals surface area contributed by atoms with Crippen molar-refractivity contribution in [1.82, 2.24) is 0 Å². The van der Waals surface area contributed by atoms with Gasteiger partial charge < -0.3 is 10.6 Å². The summed E-state index contributed by atoms with van der Waals surface area (Å²) in [6.45, 7) is 3.37. The standard InChI is InChI=1S/C30H48N2/c1-2-3-4-5-6-7-8-9-10-11-12-13-14-15-16-20-27-31-28-23-25-30(26-24-28)32-29-21-18-17-19-22-29/h17-19,21-26,31-32H,2-16,20,27H2,1H3. The number of anilines is 3. The summed E-state index contributed by atoms with van der Waals surface area (Å²) in [6, 6.07) is 18.9. The molecule has 0 aliphatic carbocycles. The van der Waals surface area contributed by atoms with Crippen molar-refractivity contribution >= 4 is 17.1 Å². The molecule has 0 aliphatic heterocycles. The average Bonchev–Trinajstić information content (AvgIpc) is 2.83. The number of para-hydroxylation sites is 1. The van der Waals surface area contributed by atoms with Gasteiger partial charge in [0.2, 0.25) is 0 Å². The van der Waals surface area contributed by atoms with E-state index in [4.69, 9.17) is 0 Å². The Bertz CT molecular complexity index is 650. The van der Waals surface area contributed by atoms with Gasteiger partial charge in [-0.3, -0.25) is 0 Å². The van der Waals surface area contributed by atoms with Crippen molar-refractivity contribution in [3.8, 4) is 0 Å². The van der Waals surface area contributed by atoms with Crippen molar-refractivity contribution in [2.75, 3.05) is 17.2 Å². The van der Waals surface area contributed by atoms with Gasteiger partial charge in [-0.2, -0.15) is 0 Å². The van der Waals surface area contributed by atoms with E-state index in [1.807, 2.05) is 6.07 Å². The first kappa shape index (κ1) is 26.3. The number of rotatable bonds is 20. The third-order valence-corrected chi connectivity index (χ3v) is 6.31. The third kappa shape index (κ3) is 13.5. The molecule has 0 atom stereocenters. The molecular formula is C30H48N2. The van der Waals surface area contributed by atoms with Crippen molar-refractivity contribution in [1.29, 1.82) is 0 Å². The highest BCUT2D eigenvalue weighted by molar-refractivity contribution is 5.62. The van der Waals surface area contributed by atoms with Crippen LogP contribution in [-0.4, -0.2) is 6.54 Å². The zero-order valence-electron chi connectivity index (χ0n) is 20.7. The molecule has 178 valence electrons. The van der Waals surface area contributed by atoms with Crippen LogP contribution < -0.4 is 10.6 Å². The lowest BCUT2D eigenvalue weighted by atomic mass is 10.0. The molecule has 0 radical (unpaired) electrons. The largest absolute Gasteiger partial charge is 0.385 e. The number of hydrogen-bond donors (Lipinski definition) is 2. The van der Waals surface area contributed by atoms with Crippen molar-refractivity contribution in [3.05, 3.63) is 54.6 Å². The predicted octanol–water partition coefficient (Wildman–Crippen LogP) is 10.1. The first-order valence-electron chi connectivity index (χ1n) is 13.5. The van der Waals surface area contributed by atoms with Crippen LogP contribution in [0.15, 0.2) is 54.6 Å². The summed E-state index contributed by atoms with van der Waals surface area (Å²) in [7, 11) is 0. The van der Waals surface area contributed by atoms with Gasteiger partial charge in [-0.15, -0.1) is 0 Å². The van der Waals surface area contributed by atoms with E-state index >= 15 is 0 Å². The Labute approximate surface area is 198 Å². The van der Waals surface area contributed by atoms with Crippen molar-refractivity contribution in [3.63, 3.8) is 0 Å². The maximum atomic E-state index is 3.56. The molecular weight excluding hydrogens is 388 g/mol. The van der Waals surface area contributed by atoms with Gasteiger partial charge in [0, 0.05) is 23.6 Å². The summed E-state index contributed by atoms with van der Waals surface area (Å²) < 4.78 is 0. The van der Waals surface area contributed by atoms with E-state index in [9.17, 15) is 0 Å². The van der Waals surface area contributed by atoms with Crippen LogP contribution in [0.2, 0.25) is 0 Å². The molecule has 0 aliphatic rings. The van der Waals surface area contributed by atoms with E-state index in [0.29, 0.717) is 0 Å². The second-order valence-electron chi connectivity index (χ2n) is 9.30. The van der Waals surface area contributed by atoms with E-state index in [2.05, 4.69) is 66.1 Å². The minimum absolute atomic E-state index is 1.07. The van der Waals surface area contributed by atoms with Gasteiger partial charge in [0.15, 0.2) is 0 Å². The van der Waals surface area contributed by atoms with Gasteiger partial charge in [0.05, 0.1) is 0 Å². The molecule has 2 nitrogen and oxygen atoms in total. The van der Waals surface area contributed by atoms with Crippen LogP contribution in [-0.2, 0) is 0 Å². The predicted molar refractivity (Wildman–Crippen MR) is 144 cm³/mol. The summed E-state index contributed by atoms with van der Waals surface area (Å²) in [5.74, 6) is 0. The first-order valence-corrected chi connectivity index (χ1v) is 13.5. The van der Waals surface area contributed by atoms with E-state index in [1.54, 1.807) is 0 Å². The van der Waals surface area contributed by atoms with Crippen molar-refractivity contribution in [2.24, 2.45) is 0 Å². The number of nitrogens with one attached hydrogen (secondary N) is 2. The normalized spacial score (nSPS) is 10.9. The molecule has 2 aromatic carbocycles. The SMILES string of the molecule is CCCCCCCCCCCCCCCCCCNc1ccc(Nc2ccccc2)cc1. The second-order valence-corrected chi connectivity index (χ2v) is 9.30. The maximum absolute atomic E-state index is 3.56. The van der Waals surface area contributed by atoms with Gasteiger partial charge in [0.1, 0.15) is 0 Å². The molecule has 0 heterocycles. The molecule has 2 aromatic rings. The second kappa shape index (κ2) is 18.6. The monoisotopic (exact) mass is 436 g/mol. The van der Waals surface area contributed by atoms with Crippen LogP contribution >= 0.6 is 0 Å². The molecule has 2 rings (SSSR count). The number of benzene rings is 2. The third-order valence-electron chi connectivity index (χ3n) is 6.31. The fourth-order valence-electron chi connectivity index (χ4n) is 4.27. The van der Waals surface area contributed by atoms with Crippen LogP contribution in [0, 0.1) is 0 Å². The minimum Gasteiger partial charge on any atom is -0.385 e. The summed E-state index contributed by atoms with van der Waals surface area (Å²) >= 11 is 0. The van der Waals surface area contributed by atoms with Gasteiger partial charge in [-0.05, 0) is 42.8 Å². The fourth-order valence-corrected chi connectivity index (χ4v) is 4.27. The lowest BCUT2D eigenvalue weighted by Crippen LogP contribution is -2.01. The van der Waals surface area contributed by atoms with Crippen molar-refractivity contribution < 1.29 is 0 Å². The van der Waals surface area contributed by atoms with Gasteiger partial charge >= 0.3 is 0 Å². The smallest absolute Gasteiger partial charge is 0.0385 e. The van der Waals surface area contributed by atoms with Gasteiger partial charge in [-0.25, -0.2) is 0 Å². The number of hydrogen-bond acceptors (Lipinski definition) is 2. The number of unbranched alkanes of at least 4 members (excludes halogenated alkanes) is 15. The zero-order valence-corrected chi connectivity index (χ0v) is 20.7. The molecule has 0 amide bonds. The molecule has 2 N–H and O–H groups in total. The van der Waals surface area contributed by atoms with E-state index < -0.39 is 0 Å². The summed E-state index contributed by atoms with van der Waals surface area (Å²) in [6.07, 6.45) is 22.7. The van der Waals surface area contributed by atoms with Crippen molar-refractivity contribution in [2.45, 2.75) is 110 Å². The summed E-state index contributed by atoms with van der Waals surface area (Å²) in [4.78, 5) is 0. The Morgan fingerprint density at radius 2 is 0.844 bits per heavy atom. The molecule has 0 saturated heterocycles.